The van der Waals surface area contributed by atoms with Gasteiger partial charge in [-0.15, -0.1) is 0 Å². The number of urea groups is 1. The van der Waals surface area contributed by atoms with Crippen LogP contribution < -0.4 is 15.4 Å². The Morgan fingerprint density at radius 1 is 1.29 bits per heavy atom. The second kappa shape index (κ2) is 9.21. The van der Waals surface area contributed by atoms with Crippen LogP contribution >= 0.6 is 0 Å². The smallest absolute Gasteiger partial charge is 0.322 e. The molecule has 1 aliphatic heterocycles. The highest BCUT2D eigenvalue weighted by Crippen LogP contribution is 2.25. The van der Waals surface area contributed by atoms with Crippen LogP contribution in [0.3, 0.4) is 0 Å². The molecule has 0 bridgehead atoms. The summed E-state index contributed by atoms with van der Waals surface area (Å²) in [6.07, 6.45) is 2.91. The number of anilines is 1. The van der Waals surface area contributed by atoms with Gasteiger partial charge < -0.3 is 20.3 Å². The summed E-state index contributed by atoms with van der Waals surface area (Å²) in [6, 6.07) is 12.7. The number of ether oxygens (including phenoxy) is 1. The molecule has 0 spiro atoms. The summed E-state index contributed by atoms with van der Waals surface area (Å²) < 4.78 is 5.79. The second-order valence-corrected chi connectivity index (χ2v) is 7.10. The van der Waals surface area contributed by atoms with E-state index in [1.165, 1.54) is 0 Å². The van der Waals surface area contributed by atoms with Gasteiger partial charge in [-0.3, -0.25) is 9.78 Å². The van der Waals surface area contributed by atoms with Crippen LogP contribution in [0.4, 0.5) is 10.5 Å². The van der Waals surface area contributed by atoms with E-state index in [2.05, 4.69) is 15.6 Å². The fraction of sp³-hybridized carbons (Fsp3) is 0.381. The molecule has 148 valence electrons. The molecule has 1 fully saturated rings. The van der Waals surface area contributed by atoms with Gasteiger partial charge in [-0.2, -0.15) is 0 Å². The van der Waals surface area contributed by atoms with Crippen LogP contribution in [0, 0.1) is 0 Å². The van der Waals surface area contributed by atoms with Crippen molar-refractivity contribution in [3.8, 4) is 5.75 Å². The Bertz CT molecular complexity index is 810. The molecule has 3 rings (SSSR count). The largest absolute Gasteiger partial charge is 0.489 e. The molecule has 7 nitrogen and oxygen atoms in total. The van der Waals surface area contributed by atoms with E-state index in [1.54, 1.807) is 11.1 Å². The molecule has 1 aromatic heterocycles. The highest BCUT2D eigenvalue weighted by atomic mass is 16.5. The maximum absolute atomic E-state index is 13.0. The van der Waals surface area contributed by atoms with Crippen molar-refractivity contribution in [2.24, 2.45) is 0 Å². The van der Waals surface area contributed by atoms with Crippen LogP contribution in [0.2, 0.25) is 0 Å². The predicted molar refractivity (Wildman–Crippen MR) is 107 cm³/mol. The number of carbonyl (C=O) groups excluding carboxylic acids is 2. The van der Waals surface area contributed by atoms with E-state index < -0.39 is 0 Å². The minimum atomic E-state index is -0.258. The van der Waals surface area contributed by atoms with Crippen molar-refractivity contribution in [2.45, 2.75) is 45.4 Å². The third-order valence-electron chi connectivity index (χ3n) is 4.38. The van der Waals surface area contributed by atoms with Gasteiger partial charge >= 0.3 is 6.03 Å². The van der Waals surface area contributed by atoms with Gasteiger partial charge in [0.15, 0.2) is 0 Å². The number of aromatic nitrogens is 1. The number of nitrogens with zero attached hydrogens (tertiary/aromatic N) is 2. The zero-order valence-corrected chi connectivity index (χ0v) is 16.2. The van der Waals surface area contributed by atoms with Crippen molar-refractivity contribution in [3.05, 3.63) is 54.4 Å². The van der Waals surface area contributed by atoms with Crippen LogP contribution in [0.1, 0.15) is 32.4 Å². The summed E-state index contributed by atoms with van der Waals surface area (Å²) in [6.45, 7) is 4.65. The summed E-state index contributed by atoms with van der Waals surface area (Å²) in [7, 11) is 0. The molecule has 1 aromatic carbocycles. The van der Waals surface area contributed by atoms with Gasteiger partial charge in [-0.05, 0) is 44.5 Å². The van der Waals surface area contributed by atoms with Gasteiger partial charge in [-0.1, -0.05) is 18.2 Å². The lowest BCUT2D eigenvalue weighted by Crippen LogP contribution is -2.43. The minimum absolute atomic E-state index is 0.00336. The molecule has 1 atom stereocenters. The number of nitrogens with one attached hydrogen (secondary N) is 2. The van der Waals surface area contributed by atoms with Gasteiger partial charge in [0.05, 0.1) is 24.0 Å². The molecule has 1 saturated heterocycles. The Morgan fingerprint density at radius 3 is 2.75 bits per heavy atom. The quantitative estimate of drug-likeness (QED) is 0.770. The first-order valence-electron chi connectivity index (χ1n) is 9.52. The topological polar surface area (TPSA) is 83.6 Å². The van der Waals surface area contributed by atoms with Crippen LogP contribution in [0.25, 0.3) is 0 Å². The SMILES string of the molecule is CC(C)Oc1ccccc1NC(=O)N(Cc1ccccn1)CC1CCC(=O)N1. The molecule has 2 N–H and O–H groups in total. The average Bonchev–Trinajstić information content (AvgIpc) is 3.08. The fourth-order valence-corrected chi connectivity index (χ4v) is 3.11. The summed E-state index contributed by atoms with van der Waals surface area (Å²) >= 11 is 0. The highest BCUT2D eigenvalue weighted by Gasteiger charge is 2.26. The maximum Gasteiger partial charge on any atom is 0.322 e. The molecule has 28 heavy (non-hydrogen) atoms. The first-order chi connectivity index (χ1) is 13.5. The number of carbonyl (C=O) groups is 2. The number of amides is 3. The maximum atomic E-state index is 13.0. The number of pyridine rings is 1. The van der Waals surface area contributed by atoms with Crippen molar-refractivity contribution in [1.82, 2.24) is 15.2 Å². The normalized spacial score (nSPS) is 16.0. The molecule has 0 aliphatic carbocycles. The summed E-state index contributed by atoms with van der Waals surface area (Å²) in [5, 5.41) is 5.86. The molecule has 3 amide bonds. The van der Waals surface area contributed by atoms with E-state index in [4.69, 9.17) is 4.74 Å². The summed E-state index contributed by atoms with van der Waals surface area (Å²) in [4.78, 5) is 30.6. The van der Waals surface area contributed by atoms with E-state index >= 15 is 0 Å². The Kier molecular flexibility index (Phi) is 6.47. The lowest BCUT2D eigenvalue weighted by atomic mass is 10.2. The molecule has 0 radical (unpaired) electrons. The zero-order valence-electron chi connectivity index (χ0n) is 16.2. The predicted octanol–water partition coefficient (Wildman–Crippen LogP) is 3.18. The molecule has 7 heteroatoms. The first kappa shape index (κ1) is 19.7. The number of hydrogen-bond donors (Lipinski definition) is 2. The Labute approximate surface area is 165 Å². The Morgan fingerprint density at radius 2 is 2.07 bits per heavy atom. The molecule has 2 aromatic rings. The Hall–Kier alpha value is -3.09. The molecular weight excluding hydrogens is 356 g/mol. The number of hydrogen-bond acceptors (Lipinski definition) is 4. The number of benzene rings is 1. The number of rotatable bonds is 7. The molecular formula is C21H26N4O3. The molecule has 2 heterocycles. The summed E-state index contributed by atoms with van der Waals surface area (Å²) in [5.74, 6) is 0.650. The monoisotopic (exact) mass is 382 g/mol. The van der Waals surface area contributed by atoms with Crippen molar-refractivity contribution in [1.29, 1.82) is 0 Å². The van der Waals surface area contributed by atoms with Gasteiger partial charge in [0.25, 0.3) is 0 Å². The van der Waals surface area contributed by atoms with Crippen LogP contribution in [0.5, 0.6) is 5.75 Å². The van der Waals surface area contributed by atoms with Crippen molar-refractivity contribution < 1.29 is 14.3 Å². The van der Waals surface area contributed by atoms with Gasteiger partial charge in [0, 0.05) is 25.2 Å². The van der Waals surface area contributed by atoms with Gasteiger partial charge in [0.2, 0.25) is 5.91 Å². The average molecular weight is 382 g/mol. The van der Waals surface area contributed by atoms with E-state index in [9.17, 15) is 9.59 Å². The second-order valence-electron chi connectivity index (χ2n) is 7.10. The molecule has 0 saturated carbocycles. The lowest BCUT2D eigenvalue weighted by Gasteiger charge is -2.26. The van der Waals surface area contributed by atoms with Crippen LogP contribution in [-0.4, -0.2) is 40.5 Å². The zero-order chi connectivity index (χ0) is 19.9. The summed E-state index contributed by atoms with van der Waals surface area (Å²) in [5.41, 5.74) is 1.40. The van der Waals surface area contributed by atoms with Crippen molar-refractivity contribution in [2.75, 3.05) is 11.9 Å². The molecule has 1 unspecified atom stereocenters. The van der Waals surface area contributed by atoms with Crippen LogP contribution in [0.15, 0.2) is 48.7 Å². The van der Waals surface area contributed by atoms with E-state index in [0.29, 0.717) is 30.9 Å². The minimum Gasteiger partial charge on any atom is -0.489 e. The van der Waals surface area contributed by atoms with Gasteiger partial charge in [-0.25, -0.2) is 4.79 Å². The van der Waals surface area contributed by atoms with Gasteiger partial charge in [0.1, 0.15) is 5.75 Å². The van der Waals surface area contributed by atoms with Crippen molar-refractivity contribution >= 4 is 17.6 Å². The van der Waals surface area contributed by atoms with E-state index in [0.717, 1.165) is 12.1 Å². The fourth-order valence-electron chi connectivity index (χ4n) is 3.11. The third-order valence-corrected chi connectivity index (χ3v) is 4.38. The van der Waals surface area contributed by atoms with E-state index in [-0.39, 0.29) is 24.1 Å². The third kappa shape index (κ3) is 5.45. The molecule has 1 aliphatic rings. The number of para-hydroxylation sites is 2. The lowest BCUT2D eigenvalue weighted by molar-refractivity contribution is -0.119. The Balaban J connectivity index is 1.75. The standard InChI is InChI=1S/C21H26N4O3/c1-15(2)28-19-9-4-3-8-18(19)24-21(27)25(13-16-7-5-6-12-22-16)14-17-10-11-20(26)23-17/h3-9,12,15,17H,10-11,13-14H2,1-2H3,(H,23,26)(H,24,27). The van der Waals surface area contributed by atoms with E-state index in [1.807, 2.05) is 56.3 Å². The highest BCUT2D eigenvalue weighted by molar-refractivity contribution is 5.91. The van der Waals surface area contributed by atoms with Crippen LogP contribution in [-0.2, 0) is 11.3 Å². The first-order valence-corrected chi connectivity index (χ1v) is 9.52. The van der Waals surface area contributed by atoms with Crippen molar-refractivity contribution in [3.63, 3.8) is 0 Å².